The zero-order valence-electron chi connectivity index (χ0n) is 16.0. The topological polar surface area (TPSA) is 50.3 Å². The van der Waals surface area contributed by atoms with E-state index in [4.69, 9.17) is 14.7 Å². The molecule has 0 radical (unpaired) electrons. The lowest BCUT2D eigenvalue weighted by Gasteiger charge is -2.27. The number of ether oxygens (including phenoxy) is 1. The smallest absolute Gasteiger partial charge is 0.227 e. The first-order valence-electron chi connectivity index (χ1n) is 9.67. The second kappa shape index (κ2) is 7.82. The van der Waals surface area contributed by atoms with Gasteiger partial charge < -0.3 is 15.0 Å². The fourth-order valence-electron chi connectivity index (χ4n) is 3.59. The van der Waals surface area contributed by atoms with Gasteiger partial charge in [-0.3, -0.25) is 0 Å². The molecule has 1 saturated heterocycles. The summed E-state index contributed by atoms with van der Waals surface area (Å²) in [6.45, 7) is 4.22. The fourth-order valence-corrected chi connectivity index (χ4v) is 3.59. The minimum Gasteiger partial charge on any atom is -0.497 e. The number of nitrogens with zero attached hydrogens (tertiary/aromatic N) is 3. The van der Waals surface area contributed by atoms with Crippen LogP contribution in [0.3, 0.4) is 0 Å². The van der Waals surface area contributed by atoms with Crippen molar-refractivity contribution < 1.29 is 4.74 Å². The molecule has 0 spiro atoms. The van der Waals surface area contributed by atoms with Crippen molar-refractivity contribution in [1.82, 2.24) is 9.97 Å². The van der Waals surface area contributed by atoms with E-state index in [0.717, 1.165) is 41.5 Å². The number of para-hydroxylation sites is 1. The first kappa shape index (κ1) is 17.6. The van der Waals surface area contributed by atoms with E-state index in [9.17, 15) is 0 Å². The van der Waals surface area contributed by atoms with Crippen LogP contribution in [0.1, 0.15) is 37.8 Å². The van der Waals surface area contributed by atoms with Gasteiger partial charge >= 0.3 is 0 Å². The molecule has 2 aromatic carbocycles. The fraction of sp³-hybridized carbons (Fsp3) is 0.364. The lowest BCUT2D eigenvalue weighted by atomic mass is 10.1. The maximum Gasteiger partial charge on any atom is 0.227 e. The Morgan fingerprint density at radius 1 is 0.963 bits per heavy atom. The standard InChI is InChI=1S/C22H26N4O/c1-16(17-10-12-18(27-2)13-11-17)23-21-19-8-4-5-9-20(19)24-22(25-21)26-14-6-3-7-15-26/h4-5,8-13,16H,3,6-7,14-15H2,1-2H3,(H,23,24,25)/t16-/m1/s1. The number of nitrogens with one attached hydrogen (secondary N) is 1. The highest BCUT2D eigenvalue weighted by Crippen LogP contribution is 2.28. The summed E-state index contributed by atoms with van der Waals surface area (Å²) >= 11 is 0. The Morgan fingerprint density at radius 3 is 2.44 bits per heavy atom. The highest BCUT2D eigenvalue weighted by Gasteiger charge is 2.17. The third-order valence-corrected chi connectivity index (χ3v) is 5.20. The molecule has 4 rings (SSSR count). The Kier molecular flexibility index (Phi) is 5.10. The first-order valence-corrected chi connectivity index (χ1v) is 9.67. The molecule has 1 aliphatic heterocycles. The number of piperidine rings is 1. The molecule has 1 fully saturated rings. The lowest BCUT2D eigenvalue weighted by Crippen LogP contribution is -2.31. The SMILES string of the molecule is COc1ccc([C@@H](C)Nc2nc(N3CCCCC3)nc3ccccc23)cc1. The van der Waals surface area contributed by atoms with E-state index in [-0.39, 0.29) is 6.04 Å². The Labute approximate surface area is 160 Å². The van der Waals surface area contributed by atoms with Crippen molar-refractivity contribution in [2.24, 2.45) is 0 Å². The van der Waals surface area contributed by atoms with Gasteiger partial charge in [0.05, 0.1) is 12.6 Å². The first-order chi connectivity index (χ1) is 13.2. The average Bonchev–Trinajstić information content (AvgIpc) is 2.74. The monoisotopic (exact) mass is 362 g/mol. The third-order valence-electron chi connectivity index (χ3n) is 5.20. The number of fused-ring (bicyclic) bond motifs is 1. The molecule has 1 N–H and O–H groups in total. The summed E-state index contributed by atoms with van der Waals surface area (Å²) in [5.41, 5.74) is 2.18. The van der Waals surface area contributed by atoms with Crippen molar-refractivity contribution in [1.29, 1.82) is 0 Å². The minimum absolute atomic E-state index is 0.128. The predicted octanol–water partition coefficient (Wildman–Crippen LogP) is 4.80. The van der Waals surface area contributed by atoms with E-state index in [1.165, 1.54) is 24.8 Å². The largest absolute Gasteiger partial charge is 0.497 e. The van der Waals surface area contributed by atoms with Gasteiger partial charge in [0.15, 0.2) is 0 Å². The number of aromatic nitrogens is 2. The summed E-state index contributed by atoms with van der Waals surface area (Å²) in [5, 5.41) is 4.65. The van der Waals surface area contributed by atoms with Gasteiger partial charge in [-0.15, -0.1) is 0 Å². The highest BCUT2D eigenvalue weighted by molar-refractivity contribution is 5.90. The molecule has 0 unspecified atom stereocenters. The molecule has 140 valence electrons. The third kappa shape index (κ3) is 3.82. The predicted molar refractivity (Wildman–Crippen MR) is 111 cm³/mol. The molecule has 0 bridgehead atoms. The quantitative estimate of drug-likeness (QED) is 0.706. The Morgan fingerprint density at radius 2 is 1.70 bits per heavy atom. The van der Waals surface area contributed by atoms with Crippen LogP contribution in [0, 0.1) is 0 Å². The van der Waals surface area contributed by atoms with Crippen LogP contribution in [0.15, 0.2) is 48.5 Å². The van der Waals surface area contributed by atoms with Crippen LogP contribution >= 0.6 is 0 Å². The summed E-state index contributed by atoms with van der Waals surface area (Å²) in [4.78, 5) is 12.0. The number of hydrogen-bond donors (Lipinski definition) is 1. The molecule has 1 atom stereocenters. The summed E-state index contributed by atoms with van der Waals surface area (Å²) in [6, 6.07) is 16.5. The van der Waals surface area contributed by atoms with Gasteiger partial charge in [-0.2, -0.15) is 4.98 Å². The highest BCUT2D eigenvalue weighted by atomic mass is 16.5. The van der Waals surface area contributed by atoms with Crippen molar-refractivity contribution in [3.05, 3.63) is 54.1 Å². The minimum atomic E-state index is 0.128. The van der Waals surface area contributed by atoms with E-state index in [1.54, 1.807) is 7.11 Å². The molecular weight excluding hydrogens is 336 g/mol. The van der Waals surface area contributed by atoms with Gasteiger partial charge in [0.1, 0.15) is 11.6 Å². The number of hydrogen-bond acceptors (Lipinski definition) is 5. The Balaban J connectivity index is 1.66. The molecule has 5 heteroatoms. The zero-order valence-corrected chi connectivity index (χ0v) is 16.0. The second-order valence-corrected chi connectivity index (χ2v) is 7.08. The van der Waals surface area contributed by atoms with Crippen molar-refractivity contribution in [3.63, 3.8) is 0 Å². The van der Waals surface area contributed by atoms with E-state index in [2.05, 4.69) is 41.4 Å². The van der Waals surface area contributed by atoms with Crippen LogP contribution in [-0.4, -0.2) is 30.2 Å². The molecule has 3 aromatic rings. The van der Waals surface area contributed by atoms with Crippen LogP contribution in [0.25, 0.3) is 10.9 Å². The summed E-state index contributed by atoms with van der Waals surface area (Å²) in [7, 11) is 1.69. The molecule has 27 heavy (non-hydrogen) atoms. The maximum atomic E-state index is 5.26. The van der Waals surface area contributed by atoms with Crippen LogP contribution in [0.4, 0.5) is 11.8 Å². The van der Waals surface area contributed by atoms with Crippen molar-refractivity contribution in [3.8, 4) is 5.75 Å². The van der Waals surface area contributed by atoms with Crippen molar-refractivity contribution in [2.75, 3.05) is 30.4 Å². The van der Waals surface area contributed by atoms with Gasteiger partial charge in [-0.25, -0.2) is 4.98 Å². The molecule has 0 saturated carbocycles. The molecule has 2 heterocycles. The van der Waals surface area contributed by atoms with Crippen LogP contribution in [0.2, 0.25) is 0 Å². The number of methoxy groups -OCH3 is 1. The summed E-state index contributed by atoms with van der Waals surface area (Å²) < 4.78 is 5.26. The molecular formula is C22H26N4O. The van der Waals surface area contributed by atoms with E-state index in [1.807, 2.05) is 24.3 Å². The normalized spacial score (nSPS) is 15.6. The maximum absolute atomic E-state index is 5.26. The molecule has 0 amide bonds. The second-order valence-electron chi connectivity index (χ2n) is 7.08. The molecule has 0 aliphatic carbocycles. The summed E-state index contributed by atoms with van der Waals surface area (Å²) in [6.07, 6.45) is 3.71. The van der Waals surface area contributed by atoms with E-state index < -0.39 is 0 Å². The van der Waals surface area contributed by atoms with Crippen molar-refractivity contribution >= 4 is 22.7 Å². The van der Waals surface area contributed by atoms with Crippen LogP contribution < -0.4 is 15.0 Å². The van der Waals surface area contributed by atoms with E-state index in [0.29, 0.717) is 0 Å². The van der Waals surface area contributed by atoms with Crippen molar-refractivity contribution in [2.45, 2.75) is 32.2 Å². The molecule has 1 aliphatic rings. The molecule has 5 nitrogen and oxygen atoms in total. The Hall–Kier alpha value is -2.82. The van der Waals surface area contributed by atoms with Gasteiger partial charge in [-0.1, -0.05) is 24.3 Å². The average molecular weight is 362 g/mol. The Bertz CT molecular complexity index is 904. The van der Waals surface area contributed by atoms with Gasteiger partial charge in [-0.05, 0) is 56.0 Å². The number of benzene rings is 2. The number of rotatable bonds is 5. The number of anilines is 2. The van der Waals surface area contributed by atoms with Gasteiger partial charge in [0.25, 0.3) is 0 Å². The lowest BCUT2D eigenvalue weighted by molar-refractivity contribution is 0.414. The zero-order chi connectivity index (χ0) is 18.6. The van der Waals surface area contributed by atoms with E-state index >= 15 is 0 Å². The molecule has 1 aromatic heterocycles. The van der Waals surface area contributed by atoms with Crippen LogP contribution in [-0.2, 0) is 0 Å². The van der Waals surface area contributed by atoms with Crippen LogP contribution in [0.5, 0.6) is 5.75 Å². The summed E-state index contributed by atoms with van der Waals surface area (Å²) in [5.74, 6) is 2.59. The van der Waals surface area contributed by atoms with Gasteiger partial charge in [0, 0.05) is 24.5 Å². The van der Waals surface area contributed by atoms with Gasteiger partial charge in [0.2, 0.25) is 5.95 Å².